The van der Waals surface area contributed by atoms with Crippen molar-refractivity contribution in [2.45, 2.75) is 25.9 Å². The van der Waals surface area contributed by atoms with Crippen LogP contribution in [0.5, 0.6) is 0 Å². The Kier molecular flexibility index (Phi) is 5.99. The SMILES string of the molecule is C[C@@H]1CN(Cc2ccccn2)CC[C@@H]1NC(=O)CN1CCOCC1=O. The molecule has 0 saturated carbocycles. The van der Waals surface area contributed by atoms with E-state index < -0.39 is 0 Å². The summed E-state index contributed by atoms with van der Waals surface area (Å²) >= 11 is 0. The molecule has 7 nitrogen and oxygen atoms in total. The first kappa shape index (κ1) is 17.8. The first-order valence-corrected chi connectivity index (χ1v) is 8.89. The number of morpholine rings is 1. The van der Waals surface area contributed by atoms with E-state index in [1.165, 1.54) is 0 Å². The van der Waals surface area contributed by atoms with Gasteiger partial charge in [-0.25, -0.2) is 0 Å². The predicted molar refractivity (Wildman–Crippen MR) is 92.6 cm³/mol. The Balaban J connectivity index is 1.45. The molecule has 0 unspecified atom stereocenters. The number of nitrogens with zero attached hydrogens (tertiary/aromatic N) is 3. The number of likely N-dealkylation sites (tertiary alicyclic amines) is 1. The molecule has 3 heterocycles. The van der Waals surface area contributed by atoms with Crippen LogP contribution in [0.3, 0.4) is 0 Å². The molecule has 1 aromatic heterocycles. The number of nitrogens with one attached hydrogen (secondary N) is 1. The molecule has 2 atom stereocenters. The second kappa shape index (κ2) is 8.40. The number of amides is 2. The average molecular weight is 346 g/mol. The number of aromatic nitrogens is 1. The van der Waals surface area contributed by atoms with Crippen molar-refractivity contribution in [1.82, 2.24) is 20.1 Å². The highest BCUT2D eigenvalue weighted by Gasteiger charge is 2.28. The lowest BCUT2D eigenvalue weighted by Gasteiger charge is -2.37. The van der Waals surface area contributed by atoms with Crippen molar-refractivity contribution < 1.29 is 14.3 Å². The molecule has 2 saturated heterocycles. The summed E-state index contributed by atoms with van der Waals surface area (Å²) in [6, 6.07) is 6.13. The van der Waals surface area contributed by atoms with Gasteiger partial charge in [0, 0.05) is 38.4 Å². The van der Waals surface area contributed by atoms with Crippen molar-refractivity contribution in [3.05, 3.63) is 30.1 Å². The van der Waals surface area contributed by atoms with E-state index in [0.29, 0.717) is 19.1 Å². The standard InChI is InChI=1S/C18H26N4O3/c1-14-10-21(11-15-4-2-3-6-19-15)7-5-16(14)20-17(23)12-22-8-9-25-13-18(22)24/h2-4,6,14,16H,5,7-13H2,1H3,(H,20,23)/t14-,16+/m1/s1. The summed E-state index contributed by atoms with van der Waals surface area (Å²) < 4.78 is 5.09. The number of piperidine rings is 1. The van der Waals surface area contributed by atoms with Crippen molar-refractivity contribution in [3.63, 3.8) is 0 Å². The summed E-state index contributed by atoms with van der Waals surface area (Å²) in [7, 11) is 0. The van der Waals surface area contributed by atoms with Crippen LogP contribution >= 0.6 is 0 Å². The molecule has 7 heteroatoms. The van der Waals surface area contributed by atoms with Crippen LogP contribution in [0.25, 0.3) is 0 Å². The number of rotatable bonds is 5. The van der Waals surface area contributed by atoms with E-state index in [0.717, 1.165) is 31.7 Å². The van der Waals surface area contributed by atoms with Crippen molar-refractivity contribution in [1.29, 1.82) is 0 Å². The molecule has 3 rings (SSSR count). The molecule has 0 radical (unpaired) electrons. The molecular weight excluding hydrogens is 320 g/mol. The lowest BCUT2D eigenvalue weighted by Crippen LogP contribution is -2.53. The van der Waals surface area contributed by atoms with Crippen LogP contribution in [-0.2, 0) is 20.9 Å². The summed E-state index contributed by atoms with van der Waals surface area (Å²) in [5.74, 6) is 0.173. The van der Waals surface area contributed by atoms with Crippen molar-refractivity contribution >= 4 is 11.8 Å². The Hall–Kier alpha value is -1.99. The topological polar surface area (TPSA) is 74.8 Å². The Morgan fingerprint density at radius 1 is 1.40 bits per heavy atom. The maximum Gasteiger partial charge on any atom is 0.249 e. The van der Waals surface area contributed by atoms with Gasteiger partial charge in [0.2, 0.25) is 11.8 Å². The summed E-state index contributed by atoms with van der Waals surface area (Å²) in [4.78, 5) is 32.3. The molecule has 1 N–H and O–H groups in total. The molecule has 0 bridgehead atoms. The van der Waals surface area contributed by atoms with Gasteiger partial charge in [0.05, 0.1) is 18.8 Å². The van der Waals surface area contributed by atoms with Gasteiger partial charge < -0.3 is 15.0 Å². The van der Waals surface area contributed by atoms with Crippen molar-refractivity contribution in [2.24, 2.45) is 5.92 Å². The fourth-order valence-electron chi connectivity index (χ4n) is 3.45. The fourth-order valence-corrected chi connectivity index (χ4v) is 3.45. The lowest BCUT2D eigenvalue weighted by molar-refractivity contribution is -0.146. The maximum absolute atomic E-state index is 12.3. The first-order chi connectivity index (χ1) is 12.1. The molecule has 25 heavy (non-hydrogen) atoms. The number of carbonyl (C=O) groups is 2. The van der Waals surface area contributed by atoms with Gasteiger partial charge in [0.1, 0.15) is 6.61 Å². The summed E-state index contributed by atoms with van der Waals surface area (Å²) in [6.45, 7) is 6.06. The van der Waals surface area contributed by atoms with Gasteiger partial charge in [0.25, 0.3) is 0 Å². The quantitative estimate of drug-likeness (QED) is 0.828. The zero-order chi connectivity index (χ0) is 17.6. The highest BCUT2D eigenvalue weighted by molar-refractivity contribution is 5.85. The maximum atomic E-state index is 12.3. The molecular formula is C18H26N4O3. The van der Waals surface area contributed by atoms with Crippen molar-refractivity contribution in [2.75, 3.05) is 39.4 Å². The van der Waals surface area contributed by atoms with E-state index in [-0.39, 0.29) is 31.0 Å². The Bertz CT molecular complexity index is 595. The molecule has 2 amide bonds. The first-order valence-electron chi connectivity index (χ1n) is 8.89. The van der Waals surface area contributed by atoms with Gasteiger partial charge in [-0.2, -0.15) is 0 Å². The molecule has 1 aromatic rings. The van der Waals surface area contributed by atoms with E-state index in [4.69, 9.17) is 4.74 Å². The zero-order valence-corrected chi connectivity index (χ0v) is 14.7. The van der Waals surface area contributed by atoms with Gasteiger partial charge in [-0.05, 0) is 24.5 Å². The zero-order valence-electron chi connectivity index (χ0n) is 14.7. The number of carbonyl (C=O) groups excluding carboxylic acids is 2. The molecule has 0 aliphatic carbocycles. The minimum atomic E-state index is -0.111. The van der Waals surface area contributed by atoms with Crippen LogP contribution in [0.1, 0.15) is 19.0 Å². The van der Waals surface area contributed by atoms with Crippen LogP contribution in [0.4, 0.5) is 0 Å². The second-order valence-electron chi connectivity index (χ2n) is 6.86. The second-order valence-corrected chi connectivity index (χ2v) is 6.86. The van der Waals surface area contributed by atoms with Gasteiger partial charge >= 0.3 is 0 Å². The van der Waals surface area contributed by atoms with Crippen molar-refractivity contribution in [3.8, 4) is 0 Å². The van der Waals surface area contributed by atoms with Crippen LogP contribution < -0.4 is 5.32 Å². The van der Waals surface area contributed by atoms with E-state index in [1.807, 2.05) is 24.4 Å². The molecule has 0 spiro atoms. The molecule has 2 aliphatic rings. The molecule has 2 fully saturated rings. The van der Waals surface area contributed by atoms with Gasteiger partial charge in [-0.1, -0.05) is 13.0 Å². The van der Waals surface area contributed by atoms with Crippen LogP contribution in [0.15, 0.2) is 24.4 Å². The summed E-state index contributed by atoms with van der Waals surface area (Å²) in [6.07, 6.45) is 2.73. The number of hydrogen-bond acceptors (Lipinski definition) is 5. The Morgan fingerprint density at radius 3 is 3.00 bits per heavy atom. The fraction of sp³-hybridized carbons (Fsp3) is 0.611. The summed E-state index contributed by atoms with van der Waals surface area (Å²) in [5, 5.41) is 3.10. The third kappa shape index (κ3) is 4.99. The van der Waals surface area contributed by atoms with Gasteiger partial charge in [-0.3, -0.25) is 19.5 Å². The molecule has 136 valence electrons. The smallest absolute Gasteiger partial charge is 0.249 e. The van der Waals surface area contributed by atoms with E-state index in [2.05, 4.69) is 22.1 Å². The minimum Gasteiger partial charge on any atom is -0.370 e. The molecule has 2 aliphatic heterocycles. The van der Waals surface area contributed by atoms with Gasteiger partial charge in [0.15, 0.2) is 0 Å². The third-order valence-corrected chi connectivity index (χ3v) is 4.87. The predicted octanol–water partition coefficient (Wildman–Crippen LogP) is 0.267. The van der Waals surface area contributed by atoms with E-state index in [1.54, 1.807) is 4.90 Å². The number of pyridine rings is 1. The number of ether oxygens (including phenoxy) is 1. The normalized spacial score (nSPS) is 25.0. The third-order valence-electron chi connectivity index (χ3n) is 4.87. The highest BCUT2D eigenvalue weighted by Crippen LogP contribution is 2.18. The minimum absolute atomic E-state index is 0.0784. The summed E-state index contributed by atoms with van der Waals surface area (Å²) in [5.41, 5.74) is 1.07. The Labute approximate surface area is 148 Å². The number of hydrogen-bond donors (Lipinski definition) is 1. The molecule has 0 aromatic carbocycles. The van der Waals surface area contributed by atoms with E-state index in [9.17, 15) is 9.59 Å². The monoisotopic (exact) mass is 346 g/mol. The highest BCUT2D eigenvalue weighted by atomic mass is 16.5. The van der Waals surface area contributed by atoms with Crippen LogP contribution in [0, 0.1) is 5.92 Å². The van der Waals surface area contributed by atoms with Crippen LogP contribution in [0.2, 0.25) is 0 Å². The Morgan fingerprint density at radius 2 is 2.28 bits per heavy atom. The van der Waals surface area contributed by atoms with E-state index >= 15 is 0 Å². The largest absolute Gasteiger partial charge is 0.370 e. The lowest BCUT2D eigenvalue weighted by atomic mass is 9.93. The average Bonchev–Trinajstić information content (AvgIpc) is 2.60. The van der Waals surface area contributed by atoms with Crippen LogP contribution in [-0.4, -0.2) is 72.0 Å². The van der Waals surface area contributed by atoms with Gasteiger partial charge in [-0.15, -0.1) is 0 Å².